The predicted octanol–water partition coefficient (Wildman–Crippen LogP) is 3.08. The Morgan fingerprint density at radius 2 is 1.65 bits per heavy atom. The van der Waals surface area contributed by atoms with Gasteiger partial charge in [-0.05, 0) is 47.9 Å². The molecule has 5 heteroatoms. The molecular formula is C18H21NO4. The highest BCUT2D eigenvalue weighted by Crippen LogP contribution is 2.28. The van der Waals surface area contributed by atoms with E-state index in [1.807, 2.05) is 18.2 Å². The van der Waals surface area contributed by atoms with Crippen LogP contribution in [-0.2, 0) is 6.42 Å². The van der Waals surface area contributed by atoms with Crippen LogP contribution in [0.3, 0.4) is 0 Å². The van der Waals surface area contributed by atoms with Crippen LogP contribution in [0.1, 0.15) is 11.1 Å². The van der Waals surface area contributed by atoms with E-state index >= 15 is 0 Å². The predicted molar refractivity (Wildman–Crippen MR) is 90.4 cm³/mol. The van der Waals surface area contributed by atoms with Crippen molar-refractivity contribution in [1.82, 2.24) is 0 Å². The average molecular weight is 315 g/mol. The number of benzene rings is 2. The lowest BCUT2D eigenvalue weighted by Gasteiger charge is -2.08. The van der Waals surface area contributed by atoms with Gasteiger partial charge in [0.05, 0.1) is 21.3 Å². The van der Waals surface area contributed by atoms with E-state index in [1.54, 1.807) is 38.6 Å². The Morgan fingerprint density at radius 3 is 2.35 bits per heavy atom. The third kappa shape index (κ3) is 4.39. The average Bonchev–Trinajstić information content (AvgIpc) is 2.59. The Bertz CT molecular complexity index is 683. The third-order valence-electron chi connectivity index (χ3n) is 3.42. The number of phenolic OH excluding ortho intramolecular Hbond substituents is 1. The summed E-state index contributed by atoms with van der Waals surface area (Å²) in [4.78, 5) is 4.41. The molecule has 0 saturated carbocycles. The first-order valence-electron chi connectivity index (χ1n) is 7.25. The van der Waals surface area contributed by atoms with Crippen LogP contribution in [0.5, 0.6) is 23.0 Å². The summed E-state index contributed by atoms with van der Waals surface area (Å²) in [6.07, 6.45) is 2.56. The number of aromatic hydroxyl groups is 1. The molecular weight excluding hydrogens is 294 g/mol. The molecule has 0 unspecified atom stereocenters. The molecule has 122 valence electrons. The van der Waals surface area contributed by atoms with Crippen molar-refractivity contribution in [3.63, 3.8) is 0 Å². The van der Waals surface area contributed by atoms with Gasteiger partial charge in [-0.1, -0.05) is 6.07 Å². The van der Waals surface area contributed by atoms with Gasteiger partial charge in [0.25, 0.3) is 0 Å². The molecule has 0 aliphatic heterocycles. The standard InChI is InChI=1S/C18H21NO4/c1-21-16-7-5-13(10-18(16)23-3)8-9-19-12-14-4-6-15(20)17(11-14)22-2/h4-7,10-12,20H,8-9H2,1-3H3. The monoisotopic (exact) mass is 315 g/mol. The van der Waals surface area contributed by atoms with Gasteiger partial charge in [0, 0.05) is 12.8 Å². The molecule has 0 radical (unpaired) electrons. The van der Waals surface area contributed by atoms with E-state index in [0.717, 1.165) is 29.0 Å². The van der Waals surface area contributed by atoms with Crippen LogP contribution < -0.4 is 14.2 Å². The van der Waals surface area contributed by atoms with Crippen LogP contribution in [0.2, 0.25) is 0 Å². The number of methoxy groups -OCH3 is 3. The Balaban J connectivity index is 1.96. The van der Waals surface area contributed by atoms with Crippen molar-refractivity contribution in [3.8, 4) is 23.0 Å². The van der Waals surface area contributed by atoms with Gasteiger partial charge in [-0.25, -0.2) is 0 Å². The van der Waals surface area contributed by atoms with Crippen LogP contribution in [0.4, 0.5) is 0 Å². The highest BCUT2D eigenvalue weighted by molar-refractivity contribution is 5.80. The molecule has 0 aliphatic rings. The first-order valence-corrected chi connectivity index (χ1v) is 7.25. The minimum atomic E-state index is 0.120. The van der Waals surface area contributed by atoms with Gasteiger partial charge in [0.15, 0.2) is 23.0 Å². The van der Waals surface area contributed by atoms with Gasteiger partial charge in [-0.2, -0.15) is 0 Å². The zero-order valence-corrected chi connectivity index (χ0v) is 13.6. The van der Waals surface area contributed by atoms with E-state index in [9.17, 15) is 5.11 Å². The first kappa shape index (κ1) is 16.7. The van der Waals surface area contributed by atoms with Crippen molar-refractivity contribution in [2.24, 2.45) is 4.99 Å². The Kier molecular flexibility index (Phi) is 5.86. The molecule has 0 amide bonds. The van der Waals surface area contributed by atoms with Crippen LogP contribution in [0, 0.1) is 0 Å². The molecule has 0 saturated heterocycles. The number of ether oxygens (including phenoxy) is 3. The quantitative estimate of drug-likeness (QED) is 0.798. The largest absolute Gasteiger partial charge is 0.504 e. The molecule has 0 fully saturated rings. The molecule has 2 aromatic rings. The number of hydrogen-bond donors (Lipinski definition) is 1. The van der Waals surface area contributed by atoms with Gasteiger partial charge in [-0.3, -0.25) is 4.99 Å². The number of rotatable bonds is 7. The van der Waals surface area contributed by atoms with Gasteiger partial charge >= 0.3 is 0 Å². The van der Waals surface area contributed by atoms with E-state index in [-0.39, 0.29) is 5.75 Å². The zero-order chi connectivity index (χ0) is 16.7. The number of nitrogens with zero attached hydrogens (tertiary/aromatic N) is 1. The van der Waals surface area contributed by atoms with E-state index in [2.05, 4.69) is 4.99 Å². The molecule has 0 heterocycles. The second-order valence-electron chi connectivity index (χ2n) is 4.91. The topological polar surface area (TPSA) is 60.3 Å². The first-order chi connectivity index (χ1) is 11.2. The van der Waals surface area contributed by atoms with E-state index < -0.39 is 0 Å². The minimum absolute atomic E-state index is 0.120. The Labute approximate surface area is 136 Å². The summed E-state index contributed by atoms with van der Waals surface area (Å²) >= 11 is 0. The molecule has 0 spiro atoms. The smallest absolute Gasteiger partial charge is 0.161 e. The summed E-state index contributed by atoms with van der Waals surface area (Å²) in [5.41, 5.74) is 2.01. The fraction of sp³-hybridized carbons (Fsp3) is 0.278. The molecule has 0 aliphatic carbocycles. The van der Waals surface area contributed by atoms with Gasteiger partial charge < -0.3 is 19.3 Å². The maximum absolute atomic E-state index is 9.56. The van der Waals surface area contributed by atoms with Gasteiger partial charge in [-0.15, -0.1) is 0 Å². The highest BCUT2D eigenvalue weighted by Gasteiger charge is 2.04. The lowest BCUT2D eigenvalue weighted by molar-refractivity contribution is 0.354. The third-order valence-corrected chi connectivity index (χ3v) is 3.42. The lowest BCUT2D eigenvalue weighted by atomic mass is 10.1. The second kappa shape index (κ2) is 8.08. The van der Waals surface area contributed by atoms with E-state index in [4.69, 9.17) is 14.2 Å². The molecule has 2 aromatic carbocycles. The fourth-order valence-electron chi connectivity index (χ4n) is 2.17. The molecule has 0 bridgehead atoms. The molecule has 2 rings (SSSR count). The molecule has 23 heavy (non-hydrogen) atoms. The summed E-state index contributed by atoms with van der Waals surface area (Å²) in [5.74, 6) is 2.00. The Hall–Kier alpha value is -2.69. The lowest BCUT2D eigenvalue weighted by Crippen LogP contribution is -1.95. The van der Waals surface area contributed by atoms with Crippen LogP contribution >= 0.6 is 0 Å². The van der Waals surface area contributed by atoms with Crippen LogP contribution in [0.25, 0.3) is 0 Å². The van der Waals surface area contributed by atoms with Crippen LogP contribution in [0.15, 0.2) is 41.4 Å². The number of hydrogen-bond acceptors (Lipinski definition) is 5. The highest BCUT2D eigenvalue weighted by atomic mass is 16.5. The van der Waals surface area contributed by atoms with Crippen molar-refractivity contribution in [2.45, 2.75) is 6.42 Å². The minimum Gasteiger partial charge on any atom is -0.504 e. The molecule has 5 nitrogen and oxygen atoms in total. The van der Waals surface area contributed by atoms with Crippen molar-refractivity contribution >= 4 is 6.21 Å². The van der Waals surface area contributed by atoms with E-state index in [0.29, 0.717) is 12.3 Å². The van der Waals surface area contributed by atoms with Crippen molar-refractivity contribution < 1.29 is 19.3 Å². The van der Waals surface area contributed by atoms with Crippen molar-refractivity contribution in [3.05, 3.63) is 47.5 Å². The number of aliphatic imine (C=N–C) groups is 1. The fourth-order valence-corrected chi connectivity index (χ4v) is 2.17. The maximum Gasteiger partial charge on any atom is 0.161 e. The molecule has 0 atom stereocenters. The normalized spacial score (nSPS) is 10.7. The Morgan fingerprint density at radius 1 is 0.913 bits per heavy atom. The zero-order valence-electron chi connectivity index (χ0n) is 13.6. The SMILES string of the molecule is COc1cc(C=NCCc2ccc(OC)c(OC)c2)ccc1O. The van der Waals surface area contributed by atoms with Crippen molar-refractivity contribution in [2.75, 3.05) is 27.9 Å². The summed E-state index contributed by atoms with van der Waals surface area (Å²) in [5, 5.41) is 9.56. The maximum atomic E-state index is 9.56. The van der Waals surface area contributed by atoms with Crippen LogP contribution in [-0.4, -0.2) is 39.2 Å². The van der Waals surface area contributed by atoms with Crippen molar-refractivity contribution in [1.29, 1.82) is 0 Å². The molecule has 1 N–H and O–H groups in total. The summed E-state index contributed by atoms with van der Waals surface area (Å²) in [7, 11) is 4.76. The van der Waals surface area contributed by atoms with Gasteiger partial charge in [0.1, 0.15) is 0 Å². The number of phenols is 1. The van der Waals surface area contributed by atoms with E-state index in [1.165, 1.54) is 7.11 Å². The second-order valence-corrected chi connectivity index (χ2v) is 4.91. The van der Waals surface area contributed by atoms with Gasteiger partial charge in [0.2, 0.25) is 0 Å². The summed E-state index contributed by atoms with van der Waals surface area (Å²) in [6, 6.07) is 11.0. The molecule has 0 aromatic heterocycles. The summed E-state index contributed by atoms with van der Waals surface area (Å²) < 4.78 is 15.6. The summed E-state index contributed by atoms with van der Waals surface area (Å²) in [6.45, 7) is 0.651.